The van der Waals surface area contributed by atoms with E-state index >= 15 is 0 Å². The fourth-order valence-corrected chi connectivity index (χ4v) is 5.17. The minimum atomic E-state index is -0.453. The van der Waals surface area contributed by atoms with Gasteiger partial charge in [0, 0.05) is 23.5 Å². The van der Waals surface area contributed by atoms with Gasteiger partial charge >= 0.3 is 0 Å². The Bertz CT molecular complexity index is 420. The van der Waals surface area contributed by atoms with Gasteiger partial charge in [0.1, 0.15) is 5.84 Å². The zero-order valence-corrected chi connectivity index (χ0v) is 12.0. The van der Waals surface area contributed by atoms with Gasteiger partial charge in [-0.2, -0.15) is 0 Å². The molecule has 2 atom stereocenters. The third kappa shape index (κ3) is 2.05. The molecule has 106 valence electrons. The Morgan fingerprint density at radius 1 is 1.37 bits per heavy atom. The number of nitrogens with one attached hydrogen (secondary N) is 1. The topological polar surface area (TPSA) is 73.3 Å². The minimum Gasteiger partial charge on any atom is -0.404 e. The van der Waals surface area contributed by atoms with Crippen LogP contribution < -0.4 is 5.73 Å². The molecule has 0 aliphatic heterocycles. The van der Waals surface area contributed by atoms with Gasteiger partial charge in [-0.15, -0.1) is 0 Å². The molecule has 0 radical (unpaired) electrons. The molecule has 4 aliphatic carbocycles. The van der Waals surface area contributed by atoms with Crippen LogP contribution in [-0.2, 0) is 0 Å². The van der Waals surface area contributed by atoms with Crippen molar-refractivity contribution in [3.05, 3.63) is 11.8 Å². The molecule has 0 aromatic carbocycles. The van der Waals surface area contributed by atoms with E-state index in [2.05, 4.69) is 0 Å². The van der Waals surface area contributed by atoms with Gasteiger partial charge in [0.25, 0.3) is 0 Å². The molecular formula is C14H22ClN3O. The molecule has 19 heavy (non-hydrogen) atoms. The summed E-state index contributed by atoms with van der Waals surface area (Å²) in [7, 11) is 0. The average molecular weight is 284 g/mol. The van der Waals surface area contributed by atoms with Gasteiger partial charge in [-0.05, 0) is 56.8 Å². The van der Waals surface area contributed by atoms with E-state index in [0.717, 1.165) is 32.1 Å². The lowest BCUT2D eigenvalue weighted by Crippen LogP contribution is -2.60. The maximum Gasteiger partial charge on any atom is 0.140 e. The third-order valence-corrected chi connectivity index (χ3v) is 5.68. The van der Waals surface area contributed by atoms with Gasteiger partial charge in [0.15, 0.2) is 0 Å². The molecule has 0 spiro atoms. The van der Waals surface area contributed by atoms with Gasteiger partial charge in [-0.25, -0.2) is 0 Å². The maximum absolute atomic E-state index is 10.5. The van der Waals surface area contributed by atoms with Crippen LogP contribution in [0.4, 0.5) is 0 Å². The first-order chi connectivity index (χ1) is 8.93. The molecule has 0 aromatic heterocycles. The molecule has 4 N–H and O–H groups in total. The van der Waals surface area contributed by atoms with Crippen molar-refractivity contribution >= 4 is 17.6 Å². The average Bonchev–Trinajstić information content (AvgIpc) is 2.34. The summed E-state index contributed by atoms with van der Waals surface area (Å²) in [6, 6.07) is 0.181. The molecular weight excluding hydrogens is 262 g/mol. The number of hydrogen-bond acceptors (Lipinski definition) is 3. The first kappa shape index (κ1) is 13.3. The molecule has 4 nitrogen and oxygen atoms in total. The number of amidine groups is 1. The number of hydrogen-bond donors (Lipinski definition) is 3. The molecule has 4 bridgehead atoms. The highest BCUT2D eigenvalue weighted by atomic mass is 35.5. The van der Waals surface area contributed by atoms with E-state index in [1.165, 1.54) is 6.20 Å². The summed E-state index contributed by atoms with van der Waals surface area (Å²) in [5, 5.41) is 18.7. The Balaban J connectivity index is 1.81. The summed E-state index contributed by atoms with van der Waals surface area (Å²) in [5.41, 5.74) is 5.72. The fraction of sp³-hybridized carbons (Fsp3) is 0.786. The van der Waals surface area contributed by atoms with Crippen molar-refractivity contribution in [1.29, 1.82) is 5.41 Å². The van der Waals surface area contributed by atoms with Crippen molar-refractivity contribution in [3.63, 3.8) is 0 Å². The van der Waals surface area contributed by atoms with Crippen LogP contribution in [0.1, 0.15) is 39.0 Å². The zero-order chi connectivity index (χ0) is 13.8. The Labute approximate surface area is 119 Å². The van der Waals surface area contributed by atoms with Crippen LogP contribution in [0.5, 0.6) is 0 Å². The van der Waals surface area contributed by atoms with Crippen LogP contribution in [0, 0.1) is 23.2 Å². The van der Waals surface area contributed by atoms with Crippen LogP contribution in [0.25, 0.3) is 0 Å². The lowest BCUT2D eigenvalue weighted by Gasteiger charge is -2.59. The first-order valence-corrected chi connectivity index (χ1v) is 7.42. The van der Waals surface area contributed by atoms with E-state index in [4.69, 9.17) is 22.9 Å². The molecule has 5 heteroatoms. The summed E-state index contributed by atoms with van der Waals surface area (Å²) in [6.07, 6.45) is 6.37. The van der Waals surface area contributed by atoms with Crippen LogP contribution in [0.3, 0.4) is 0 Å². The van der Waals surface area contributed by atoms with Gasteiger partial charge in [-0.1, -0.05) is 0 Å². The first-order valence-electron chi connectivity index (χ1n) is 7.08. The Morgan fingerprint density at radius 2 is 1.95 bits per heavy atom. The lowest BCUT2D eigenvalue weighted by molar-refractivity contribution is -0.144. The summed E-state index contributed by atoms with van der Waals surface area (Å²) in [5.74, 6) is 1.79. The van der Waals surface area contributed by atoms with Crippen LogP contribution in [0.2, 0.25) is 0 Å². The second kappa shape index (κ2) is 4.38. The molecule has 4 aliphatic rings. The molecule has 0 aromatic rings. The zero-order valence-electron chi connectivity index (χ0n) is 11.3. The summed E-state index contributed by atoms with van der Waals surface area (Å²) in [6.45, 7) is 1.81. The fourth-order valence-electron chi connectivity index (χ4n) is 4.72. The van der Waals surface area contributed by atoms with E-state index in [9.17, 15) is 5.11 Å². The largest absolute Gasteiger partial charge is 0.404 e. The van der Waals surface area contributed by atoms with E-state index in [1.807, 2.05) is 0 Å². The highest BCUT2D eigenvalue weighted by molar-refractivity contribution is 6.24. The summed E-state index contributed by atoms with van der Waals surface area (Å²) in [4.78, 5) is 0. The van der Waals surface area contributed by atoms with Crippen LogP contribution >= 0.6 is 11.8 Å². The van der Waals surface area contributed by atoms with Crippen molar-refractivity contribution in [2.24, 2.45) is 23.5 Å². The number of halogens is 1. The van der Waals surface area contributed by atoms with Crippen molar-refractivity contribution < 1.29 is 5.11 Å². The van der Waals surface area contributed by atoms with Gasteiger partial charge in [-0.3, -0.25) is 9.83 Å². The van der Waals surface area contributed by atoms with Crippen molar-refractivity contribution in [1.82, 2.24) is 4.42 Å². The predicted molar refractivity (Wildman–Crippen MR) is 75.7 cm³/mol. The second-order valence-corrected chi connectivity index (χ2v) is 7.06. The molecule has 0 amide bonds. The Morgan fingerprint density at radius 3 is 2.42 bits per heavy atom. The van der Waals surface area contributed by atoms with Gasteiger partial charge < -0.3 is 10.8 Å². The Hall–Kier alpha value is -0.740. The monoisotopic (exact) mass is 283 g/mol. The number of nitrogens with zero attached hydrogens (tertiary/aromatic N) is 1. The van der Waals surface area contributed by atoms with E-state index in [1.54, 1.807) is 11.3 Å². The quantitative estimate of drug-likeness (QED) is 0.413. The smallest absolute Gasteiger partial charge is 0.140 e. The third-order valence-electron chi connectivity index (χ3n) is 5.29. The van der Waals surface area contributed by atoms with Crippen LogP contribution in [-0.4, -0.2) is 27.0 Å². The normalized spacial score (nSPS) is 44.5. The highest BCUT2D eigenvalue weighted by Gasteiger charge is 2.56. The van der Waals surface area contributed by atoms with Crippen molar-refractivity contribution in [2.45, 2.75) is 50.7 Å². The summed E-state index contributed by atoms with van der Waals surface area (Å²) >= 11 is 6.42. The van der Waals surface area contributed by atoms with Gasteiger partial charge in [0.05, 0.1) is 11.6 Å². The maximum atomic E-state index is 10.5. The second-order valence-electron chi connectivity index (χ2n) is 6.69. The highest BCUT2D eigenvalue weighted by Crippen LogP contribution is 2.57. The van der Waals surface area contributed by atoms with Crippen molar-refractivity contribution in [2.75, 3.05) is 0 Å². The molecule has 4 fully saturated rings. The molecule has 4 saturated carbocycles. The van der Waals surface area contributed by atoms with Crippen LogP contribution in [0.15, 0.2) is 11.8 Å². The van der Waals surface area contributed by atoms with E-state index < -0.39 is 5.60 Å². The molecule has 0 heterocycles. The van der Waals surface area contributed by atoms with Gasteiger partial charge in [0.2, 0.25) is 0 Å². The van der Waals surface area contributed by atoms with Crippen molar-refractivity contribution in [3.8, 4) is 0 Å². The molecule has 2 unspecified atom stereocenters. The predicted octanol–water partition coefficient (Wildman–Crippen LogP) is 2.22. The number of nitrogens with two attached hydrogens (primary N) is 1. The summed E-state index contributed by atoms with van der Waals surface area (Å²) < 4.78 is 1.58. The Kier molecular flexibility index (Phi) is 3.06. The lowest BCUT2D eigenvalue weighted by atomic mass is 9.52. The van der Waals surface area contributed by atoms with E-state index in [-0.39, 0.29) is 6.04 Å². The number of rotatable bonds is 2. The minimum absolute atomic E-state index is 0.181. The number of aliphatic hydroxyl groups is 1. The molecule has 4 rings (SSSR count). The van der Waals surface area contributed by atoms with E-state index in [0.29, 0.717) is 29.2 Å². The standard InChI is InChI=1S/C14H22ClN3O/c1-8(7-16)13(17)18(15)12-10-2-9-3-11(12)6-14(19,4-9)5-10/h7,9-12,17,19H,2-6,16H2,1H3. The molecule has 0 saturated heterocycles. The SMILES string of the molecule is CC(=CN)C(=N)N(Cl)C1C2CC3CC1CC(O)(C3)C2.